The number of carbonyl (C=O) groups is 2. The van der Waals surface area contributed by atoms with E-state index in [0.717, 1.165) is 7.11 Å². The number of aliphatic hydroxyl groups excluding tert-OH is 1. The van der Waals surface area contributed by atoms with Crippen LogP contribution in [0.25, 0.3) is 0 Å². The van der Waals surface area contributed by atoms with Gasteiger partial charge in [-0.1, -0.05) is 6.58 Å². The van der Waals surface area contributed by atoms with Crippen LogP contribution in [0, 0.1) is 0 Å². The summed E-state index contributed by atoms with van der Waals surface area (Å²) in [5, 5.41) is 9.37. The highest BCUT2D eigenvalue weighted by molar-refractivity contribution is 5.96. The molecule has 0 radical (unpaired) electrons. The first-order chi connectivity index (χ1) is 7.43. The first kappa shape index (κ1) is 14.6. The van der Waals surface area contributed by atoms with Gasteiger partial charge in [0, 0.05) is 6.61 Å². The fourth-order valence-electron chi connectivity index (χ4n) is 0.882. The van der Waals surface area contributed by atoms with Crippen molar-refractivity contribution >= 4 is 11.9 Å². The van der Waals surface area contributed by atoms with Gasteiger partial charge in [0.1, 0.15) is 0 Å². The molecule has 16 heavy (non-hydrogen) atoms. The number of methoxy groups -OCH3 is 1. The maximum atomic E-state index is 11.3. The van der Waals surface area contributed by atoms with Crippen LogP contribution in [0.5, 0.6) is 0 Å². The molecular formula is C10H16O6. The predicted molar refractivity (Wildman–Crippen MR) is 54.3 cm³/mol. The molecule has 0 aromatic rings. The Kier molecular flexibility index (Phi) is 6.36. The van der Waals surface area contributed by atoms with Crippen molar-refractivity contribution in [3.8, 4) is 0 Å². The van der Waals surface area contributed by atoms with Crippen molar-refractivity contribution < 1.29 is 28.9 Å². The second kappa shape index (κ2) is 6.97. The molecule has 6 heteroatoms. The van der Waals surface area contributed by atoms with Gasteiger partial charge in [0.05, 0.1) is 12.7 Å². The van der Waals surface area contributed by atoms with E-state index in [-0.39, 0.29) is 5.57 Å². The highest BCUT2D eigenvalue weighted by Gasteiger charge is 2.27. The van der Waals surface area contributed by atoms with Crippen molar-refractivity contribution in [2.24, 2.45) is 0 Å². The van der Waals surface area contributed by atoms with Crippen LogP contribution in [0.15, 0.2) is 12.2 Å². The molecule has 0 amide bonds. The summed E-state index contributed by atoms with van der Waals surface area (Å²) in [5.74, 6) is -1.87. The molecule has 0 aromatic heterocycles. The summed E-state index contributed by atoms with van der Waals surface area (Å²) in [6.45, 7) is 6.82. The average Bonchev–Trinajstić information content (AvgIpc) is 2.26. The van der Waals surface area contributed by atoms with Crippen LogP contribution in [-0.4, -0.2) is 43.2 Å². The van der Waals surface area contributed by atoms with Gasteiger partial charge in [-0.05, 0) is 13.8 Å². The molecule has 0 aliphatic carbocycles. The molecule has 0 bridgehead atoms. The third kappa shape index (κ3) is 4.41. The molecule has 2 unspecified atom stereocenters. The summed E-state index contributed by atoms with van der Waals surface area (Å²) >= 11 is 0. The molecule has 0 aliphatic rings. The van der Waals surface area contributed by atoms with Gasteiger partial charge in [-0.15, -0.1) is 0 Å². The van der Waals surface area contributed by atoms with Gasteiger partial charge in [-0.25, -0.2) is 9.59 Å². The second-order valence-corrected chi connectivity index (χ2v) is 2.88. The lowest BCUT2D eigenvalue weighted by molar-refractivity contribution is -0.182. The Bertz CT molecular complexity index is 272. The average molecular weight is 232 g/mol. The van der Waals surface area contributed by atoms with E-state index in [9.17, 15) is 14.7 Å². The Morgan fingerprint density at radius 2 is 2.00 bits per heavy atom. The fraction of sp³-hybridized carbons (Fsp3) is 0.600. The first-order valence-electron chi connectivity index (χ1n) is 4.71. The van der Waals surface area contributed by atoms with Crippen LogP contribution in [0.2, 0.25) is 0 Å². The van der Waals surface area contributed by atoms with Gasteiger partial charge in [-0.2, -0.15) is 0 Å². The number of esters is 2. The molecule has 0 rings (SSSR count). The number of hydrogen-bond acceptors (Lipinski definition) is 6. The van der Waals surface area contributed by atoms with Crippen LogP contribution in [0.3, 0.4) is 0 Å². The lowest BCUT2D eigenvalue weighted by atomic mass is 10.2. The minimum Gasteiger partial charge on any atom is -0.466 e. The largest absolute Gasteiger partial charge is 0.466 e. The number of ether oxygens (including phenoxy) is 3. The lowest BCUT2D eigenvalue weighted by Crippen LogP contribution is -2.32. The third-order valence-corrected chi connectivity index (χ3v) is 1.68. The molecule has 1 N–H and O–H groups in total. The van der Waals surface area contributed by atoms with Gasteiger partial charge in [0.15, 0.2) is 12.4 Å². The lowest BCUT2D eigenvalue weighted by Gasteiger charge is -2.16. The summed E-state index contributed by atoms with van der Waals surface area (Å²) in [4.78, 5) is 22.2. The summed E-state index contributed by atoms with van der Waals surface area (Å²) < 4.78 is 13.9. The van der Waals surface area contributed by atoms with E-state index in [1.165, 1.54) is 6.92 Å². The topological polar surface area (TPSA) is 82.1 Å². The standard InChI is InChI=1S/C10H16O6/c1-5-15-7(3)16-10(13)8(11)6(2)9(12)14-4/h7-8,11H,2,5H2,1,3-4H3. The molecule has 0 fully saturated rings. The second-order valence-electron chi connectivity index (χ2n) is 2.88. The zero-order chi connectivity index (χ0) is 12.7. The maximum absolute atomic E-state index is 11.3. The van der Waals surface area contributed by atoms with Crippen LogP contribution < -0.4 is 0 Å². The number of carbonyl (C=O) groups excluding carboxylic acids is 2. The van der Waals surface area contributed by atoms with Crippen molar-refractivity contribution in [1.82, 2.24) is 0 Å². The minimum absolute atomic E-state index is 0.364. The molecular weight excluding hydrogens is 216 g/mol. The maximum Gasteiger partial charge on any atom is 0.342 e. The zero-order valence-electron chi connectivity index (χ0n) is 9.56. The minimum atomic E-state index is -1.74. The third-order valence-electron chi connectivity index (χ3n) is 1.68. The Hall–Kier alpha value is -1.40. The predicted octanol–water partition coefficient (Wildman–Crippen LogP) is 0.00220. The fourth-order valence-corrected chi connectivity index (χ4v) is 0.882. The van der Waals surface area contributed by atoms with Crippen LogP contribution in [0.4, 0.5) is 0 Å². The van der Waals surface area contributed by atoms with E-state index in [4.69, 9.17) is 4.74 Å². The molecule has 0 aromatic carbocycles. The van der Waals surface area contributed by atoms with E-state index in [1.54, 1.807) is 6.92 Å². The molecule has 6 nitrogen and oxygen atoms in total. The van der Waals surface area contributed by atoms with Crippen molar-refractivity contribution in [1.29, 1.82) is 0 Å². The van der Waals surface area contributed by atoms with Crippen molar-refractivity contribution in [2.45, 2.75) is 26.2 Å². The molecule has 0 saturated heterocycles. The molecule has 92 valence electrons. The van der Waals surface area contributed by atoms with E-state index < -0.39 is 24.3 Å². The van der Waals surface area contributed by atoms with E-state index >= 15 is 0 Å². The molecule has 0 aliphatic heterocycles. The molecule has 0 spiro atoms. The number of aliphatic hydroxyl groups is 1. The molecule has 2 atom stereocenters. The van der Waals surface area contributed by atoms with E-state index in [1.807, 2.05) is 0 Å². The van der Waals surface area contributed by atoms with Gasteiger partial charge in [-0.3, -0.25) is 0 Å². The van der Waals surface area contributed by atoms with Crippen LogP contribution in [0.1, 0.15) is 13.8 Å². The monoisotopic (exact) mass is 232 g/mol. The zero-order valence-corrected chi connectivity index (χ0v) is 9.56. The highest BCUT2D eigenvalue weighted by atomic mass is 16.7. The van der Waals surface area contributed by atoms with Crippen molar-refractivity contribution in [3.63, 3.8) is 0 Å². The molecule has 0 saturated carbocycles. The Labute approximate surface area is 93.8 Å². The summed E-state index contributed by atoms with van der Waals surface area (Å²) in [7, 11) is 1.12. The number of rotatable bonds is 6. The smallest absolute Gasteiger partial charge is 0.342 e. The normalized spacial score (nSPS) is 13.8. The highest BCUT2D eigenvalue weighted by Crippen LogP contribution is 2.06. The molecule has 0 heterocycles. The van der Waals surface area contributed by atoms with Gasteiger partial charge in [0.25, 0.3) is 0 Å². The SMILES string of the molecule is C=C(C(=O)OC)C(O)C(=O)OC(C)OCC. The van der Waals surface area contributed by atoms with Gasteiger partial charge >= 0.3 is 11.9 Å². The van der Waals surface area contributed by atoms with E-state index in [2.05, 4.69) is 16.1 Å². The number of hydrogen-bond donors (Lipinski definition) is 1. The Balaban J connectivity index is 4.28. The Morgan fingerprint density at radius 3 is 2.44 bits per heavy atom. The van der Waals surface area contributed by atoms with Gasteiger partial charge < -0.3 is 19.3 Å². The quantitative estimate of drug-likeness (QED) is 0.394. The summed E-state index contributed by atoms with van der Waals surface area (Å²) in [6.07, 6.45) is -2.53. The van der Waals surface area contributed by atoms with Crippen LogP contribution in [-0.2, 0) is 23.8 Å². The Morgan fingerprint density at radius 1 is 1.44 bits per heavy atom. The van der Waals surface area contributed by atoms with E-state index in [0.29, 0.717) is 6.61 Å². The van der Waals surface area contributed by atoms with Gasteiger partial charge in [0.2, 0.25) is 0 Å². The summed E-state index contributed by atoms with van der Waals surface area (Å²) in [6, 6.07) is 0. The van der Waals surface area contributed by atoms with Crippen molar-refractivity contribution in [2.75, 3.05) is 13.7 Å². The van der Waals surface area contributed by atoms with Crippen LogP contribution >= 0.6 is 0 Å². The summed E-state index contributed by atoms with van der Waals surface area (Å²) in [5.41, 5.74) is -0.379. The van der Waals surface area contributed by atoms with Crippen molar-refractivity contribution in [3.05, 3.63) is 12.2 Å². The first-order valence-corrected chi connectivity index (χ1v) is 4.71.